The molecule has 30 heavy (non-hydrogen) atoms. The third-order valence-corrected chi connectivity index (χ3v) is 6.35. The maximum Gasteiger partial charge on any atom is 0.241 e. The summed E-state index contributed by atoms with van der Waals surface area (Å²) in [5, 5.41) is -0.256. The molecule has 0 spiro atoms. The lowest BCUT2D eigenvalue weighted by Crippen LogP contribution is -2.25. The van der Waals surface area contributed by atoms with Crippen molar-refractivity contribution in [2.75, 3.05) is 0 Å². The van der Waals surface area contributed by atoms with Gasteiger partial charge in [-0.3, -0.25) is 0 Å². The molecule has 0 radical (unpaired) electrons. The summed E-state index contributed by atoms with van der Waals surface area (Å²) in [7, 11) is -3.91. The fourth-order valence-electron chi connectivity index (χ4n) is 3.07. The normalized spacial score (nSPS) is 11.8. The molecule has 2 aromatic heterocycles. The third-order valence-electron chi connectivity index (χ3n) is 4.67. The number of aryl methyl sites for hydroxylation is 1. The van der Waals surface area contributed by atoms with Crippen molar-refractivity contribution >= 4 is 32.8 Å². The molecule has 1 N–H and O–H groups in total. The number of aromatic nitrogens is 3. The zero-order valence-corrected chi connectivity index (χ0v) is 17.6. The van der Waals surface area contributed by atoms with E-state index in [0.717, 1.165) is 23.3 Å². The van der Waals surface area contributed by atoms with Gasteiger partial charge in [0, 0.05) is 6.20 Å². The van der Waals surface area contributed by atoms with E-state index in [1.807, 2.05) is 41.8 Å². The molecule has 0 saturated carbocycles. The van der Waals surface area contributed by atoms with Gasteiger partial charge >= 0.3 is 0 Å². The van der Waals surface area contributed by atoms with E-state index in [2.05, 4.69) is 14.7 Å². The van der Waals surface area contributed by atoms with Gasteiger partial charge in [-0.15, -0.1) is 0 Å². The van der Waals surface area contributed by atoms with Crippen LogP contribution < -0.4 is 4.72 Å². The van der Waals surface area contributed by atoms with E-state index >= 15 is 0 Å². The number of fused-ring (bicyclic) bond motifs is 1. The van der Waals surface area contributed by atoms with E-state index in [9.17, 15) is 12.8 Å². The smallest absolute Gasteiger partial charge is 0.241 e. The summed E-state index contributed by atoms with van der Waals surface area (Å²) in [4.78, 5) is 8.83. The highest BCUT2D eigenvalue weighted by Crippen LogP contribution is 2.20. The Balaban J connectivity index is 1.65. The Morgan fingerprint density at radius 1 is 1.13 bits per heavy atom. The average molecular weight is 445 g/mol. The van der Waals surface area contributed by atoms with Crippen molar-refractivity contribution in [3.8, 4) is 0 Å². The van der Waals surface area contributed by atoms with Crippen LogP contribution in [0.4, 0.5) is 4.39 Å². The summed E-state index contributed by atoms with van der Waals surface area (Å²) in [5.74, 6) is -0.164. The minimum absolute atomic E-state index is 0.0560. The SMILES string of the molecule is Cc1ccc(Cn2c(CNS(=O)(=O)c3ccc(F)c(Cl)c3)nc3cccnc32)cc1. The van der Waals surface area contributed by atoms with Gasteiger partial charge in [0.15, 0.2) is 5.65 Å². The summed E-state index contributed by atoms with van der Waals surface area (Å²) in [6, 6.07) is 14.9. The molecule has 0 bridgehead atoms. The zero-order chi connectivity index (χ0) is 21.3. The molecular formula is C21H18ClFN4O2S. The molecular weight excluding hydrogens is 427 g/mol. The second-order valence-corrected chi connectivity index (χ2v) is 9.02. The molecule has 0 amide bonds. The summed E-state index contributed by atoms with van der Waals surface area (Å²) in [6.45, 7) is 2.45. The second-order valence-electron chi connectivity index (χ2n) is 6.85. The Morgan fingerprint density at radius 3 is 2.63 bits per heavy atom. The van der Waals surface area contributed by atoms with Gasteiger partial charge in [0.25, 0.3) is 0 Å². The minimum Gasteiger partial charge on any atom is -0.307 e. The summed E-state index contributed by atoms with van der Waals surface area (Å²) >= 11 is 5.73. The number of nitrogens with one attached hydrogen (secondary N) is 1. The van der Waals surface area contributed by atoms with E-state index in [-0.39, 0.29) is 16.5 Å². The van der Waals surface area contributed by atoms with Crippen molar-refractivity contribution in [3.63, 3.8) is 0 Å². The maximum atomic E-state index is 13.4. The lowest BCUT2D eigenvalue weighted by Gasteiger charge is -2.11. The molecule has 6 nitrogen and oxygen atoms in total. The lowest BCUT2D eigenvalue weighted by atomic mass is 10.1. The van der Waals surface area contributed by atoms with E-state index in [4.69, 9.17) is 11.6 Å². The Kier molecular flexibility index (Phi) is 5.55. The highest BCUT2D eigenvalue weighted by molar-refractivity contribution is 7.89. The molecule has 4 rings (SSSR count). The van der Waals surface area contributed by atoms with Crippen molar-refractivity contribution in [2.45, 2.75) is 24.9 Å². The monoisotopic (exact) mass is 444 g/mol. The van der Waals surface area contributed by atoms with Gasteiger partial charge in [-0.25, -0.2) is 27.5 Å². The van der Waals surface area contributed by atoms with Crippen LogP contribution in [0.15, 0.2) is 65.7 Å². The van der Waals surface area contributed by atoms with Crippen molar-refractivity contribution < 1.29 is 12.8 Å². The van der Waals surface area contributed by atoms with Crippen LogP contribution in [0.2, 0.25) is 5.02 Å². The van der Waals surface area contributed by atoms with Crippen LogP contribution in [0.5, 0.6) is 0 Å². The predicted molar refractivity (Wildman–Crippen MR) is 113 cm³/mol. The molecule has 9 heteroatoms. The Bertz CT molecular complexity index is 1320. The van der Waals surface area contributed by atoms with E-state index < -0.39 is 15.8 Å². The molecule has 0 unspecified atom stereocenters. The van der Waals surface area contributed by atoms with Gasteiger partial charge < -0.3 is 4.57 Å². The Morgan fingerprint density at radius 2 is 1.90 bits per heavy atom. The van der Waals surface area contributed by atoms with Crippen LogP contribution in [-0.4, -0.2) is 23.0 Å². The second kappa shape index (κ2) is 8.14. The fourth-order valence-corrected chi connectivity index (χ4v) is 4.32. The number of hydrogen-bond acceptors (Lipinski definition) is 4. The zero-order valence-electron chi connectivity index (χ0n) is 16.0. The molecule has 0 saturated heterocycles. The van der Waals surface area contributed by atoms with Crippen molar-refractivity contribution in [2.24, 2.45) is 0 Å². The molecule has 0 atom stereocenters. The van der Waals surface area contributed by atoms with Crippen LogP contribution in [-0.2, 0) is 23.1 Å². The van der Waals surface area contributed by atoms with Gasteiger partial charge in [-0.1, -0.05) is 41.4 Å². The van der Waals surface area contributed by atoms with Crippen LogP contribution in [0, 0.1) is 12.7 Å². The molecule has 0 aliphatic heterocycles. The van der Waals surface area contributed by atoms with Crippen LogP contribution in [0.3, 0.4) is 0 Å². The molecule has 0 aliphatic carbocycles. The van der Waals surface area contributed by atoms with Gasteiger partial charge in [0.05, 0.1) is 23.0 Å². The summed E-state index contributed by atoms with van der Waals surface area (Å²) in [6.07, 6.45) is 1.67. The first-order chi connectivity index (χ1) is 14.3. The van der Waals surface area contributed by atoms with Gasteiger partial charge in [0.2, 0.25) is 10.0 Å². The first-order valence-electron chi connectivity index (χ1n) is 9.14. The molecule has 0 fully saturated rings. The highest BCUT2D eigenvalue weighted by Gasteiger charge is 2.19. The Hall–Kier alpha value is -2.81. The number of benzene rings is 2. The lowest BCUT2D eigenvalue weighted by molar-refractivity contribution is 0.576. The molecule has 154 valence electrons. The van der Waals surface area contributed by atoms with Crippen LogP contribution >= 0.6 is 11.6 Å². The number of sulfonamides is 1. The van der Waals surface area contributed by atoms with Crippen LogP contribution in [0.1, 0.15) is 17.0 Å². The van der Waals surface area contributed by atoms with Gasteiger partial charge in [0.1, 0.15) is 17.2 Å². The largest absolute Gasteiger partial charge is 0.307 e. The Labute approximate surface area is 178 Å². The predicted octanol–water partition coefficient (Wildman–Crippen LogP) is 4.06. The number of nitrogens with zero attached hydrogens (tertiary/aromatic N) is 3. The standard InChI is InChI=1S/C21H18ClFN4O2S/c1-14-4-6-15(7-5-14)13-27-20(26-19-3-2-10-24-21(19)27)12-25-30(28,29)16-8-9-18(23)17(22)11-16/h2-11,25H,12-13H2,1H3. The number of hydrogen-bond donors (Lipinski definition) is 1. The number of pyridine rings is 1. The molecule has 2 aromatic carbocycles. The number of imidazole rings is 1. The molecule has 2 heterocycles. The topological polar surface area (TPSA) is 76.9 Å². The van der Waals surface area contributed by atoms with E-state index in [1.165, 1.54) is 6.07 Å². The molecule has 0 aliphatic rings. The van der Waals surface area contributed by atoms with Crippen LogP contribution in [0.25, 0.3) is 11.2 Å². The third kappa shape index (κ3) is 4.21. The fraction of sp³-hybridized carbons (Fsp3) is 0.143. The van der Waals surface area contributed by atoms with Crippen molar-refractivity contribution in [3.05, 3.63) is 88.6 Å². The average Bonchev–Trinajstić information content (AvgIpc) is 3.08. The highest BCUT2D eigenvalue weighted by atomic mass is 35.5. The minimum atomic E-state index is -3.91. The first-order valence-corrected chi connectivity index (χ1v) is 11.0. The van der Waals surface area contributed by atoms with Crippen molar-refractivity contribution in [1.82, 2.24) is 19.3 Å². The van der Waals surface area contributed by atoms with Gasteiger partial charge in [-0.05, 0) is 42.8 Å². The maximum absolute atomic E-state index is 13.4. The number of halogens is 2. The number of rotatable bonds is 6. The van der Waals surface area contributed by atoms with Crippen molar-refractivity contribution in [1.29, 1.82) is 0 Å². The molecule has 4 aromatic rings. The van der Waals surface area contributed by atoms with Gasteiger partial charge in [-0.2, -0.15) is 0 Å². The first kappa shape index (κ1) is 20.5. The van der Waals surface area contributed by atoms with E-state index in [1.54, 1.807) is 12.3 Å². The summed E-state index contributed by atoms with van der Waals surface area (Å²) < 4.78 is 43.1. The quantitative estimate of drug-likeness (QED) is 0.486. The van der Waals surface area contributed by atoms with E-state index in [0.29, 0.717) is 23.5 Å². The summed E-state index contributed by atoms with van der Waals surface area (Å²) in [5.41, 5.74) is 3.53.